The summed E-state index contributed by atoms with van der Waals surface area (Å²) in [5, 5.41) is 0. The zero-order valence-electron chi connectivity index (χ0n) is 12.8. The number of ether oxygens (including phenoxy) is 2. The number of carbonyl (C=O) groups excluding carboxylic acids is 1. The van der Waals surface area contributed by atoms with Crippen LogP contribution in [0.3, 0.4) is 0 Å². The number of Topliss-reactive ketones (excluding diaryl/α,β-unsaturated/α-hetero) is 1. The Morgan fingerprint density at radius 2 is 1.91 bits per heavy atom. The van der Waals surface area contributed by atoms with Crippen molar-refractivity contribution in [1.29, 1.82) is 0 Å². The highest BCUT2D eigenvalue weighted by Gasteiger charge is 2.27. The van der Waals surface area contributed by atoms with Crippen LogP contribution in [0.5, 0.6) is 11.5 Å². The maximum absolute atomic E-state index is 12.3. The number of rotatable bonds is 4. The van der Waals surface area contributed by atoms with E-state index >= 15 is 0 Å². The van der Waals surface area contributed by atoms with Crippen molar-refractivity contribution in [3.05, 3.63) is 64.9 Å². The van der Waals surface area contributed by atoms with Gasteiger partial charge in [0.25, 0.3) is 0 Å². The summed E-state index contributed by atoms with van der Waals surface area (Å²) in [6, 6.07) is 13.3. The van der Waals surface area contributed by atoms with E-state index in [2.05, 4.69) is 6.92 Å². The first kappa shape index (κ1) is 14.4. The van der Waals surface area contributed by atoms with Crippen LogP contribution in [-0.4, -0.2) is 12.4 Å². The molecule has 3 rings (SSSR count). The second-order valence-electron chi connectivity index (χ2n) is 5.36. The number of hydrogen-bond acceptors (Lipinski definition) is 3. The van der Waals surface area contributed by atoms with E-state index in [-0.39, 0.29) is 5.78 Å². The average molecular weight is 294 g/mol. The van der Waals surface area contributed by atoms with E-state index in [1.807, 2.05) is 49.4 Å². The third-order valence-electron chi connectivity index (χ3n) is 3.47. The molecule has 0 amide bonds. The highest BCUT2D eigenvalue weighted by atomic mass is 16.5. The minimum atomic E-state index is -0.0648. The Kier molecular flexibility index (Phi) is 3.96. The van der Waals surface area contributed by atoms with Gasteiger partial charge in [-0.25, -0.2) is 0 Å². The van der Waals surface area contributed by atoms with Crippen molar-refractivity contribution < 1.29 is 14.3 Å². The Balaban J connectivity index is 1.80. The quantitative estimate of drug-likeness (QED) is 0.784. The number of carbonyl (C=O) groups is 1. The summed E-state index contributed by atoms with van der Waals surface area (Å²) in [5.41, 5.74) is 2.60. The summed E-state index contributed by atoms with van der Waals surface area (Å²) >= 11 is 0. The number of fused-ring (bicyclic) bond motifs is 1. The second kappa shape index (κ2) is 6.06. The topological polar surface area (TPSA) is 35.5 Å². The van der Waals surface area contributed by atoms with E-state index in [0.717, 1.165) is 23.3 Å². The van der Waals surface area contributed by atoms with Crippen LogP contribution in [0.15, 0.2) is 48.2 Å². The molecule has 0 saturated carbocycles. The predicted octanol–water partition coefficient (Wildman–Crippen LogP) is 4.40. The van der Waals surface area contributed by atoms with Crippen molar-refractivity contribution in [3.8, 4) is 11.5 Å². The van der Waals surface area contributed by atoms with Crippen LogP contribution in [-0.2, 0) is 0 Å². The van der Waals surface area contributed by atoms with Crippen molar-refractivity contribution >= 4 is 11.9 Å². The van der Waals surface area contributed by atoms with Crippen LogP contribution in [0.4, 0.5) is 0 Å². The number of aryl methyl sites for hydroxylation is 1. The molecule has 0 N–H and O–H groups in total. The molecule has 2 aromatic carbocycles. The maximum Gasteiger partial charge on any atom is 0.231 e. The summed E-state index contributed by atoms with van der Waals surface area (Å²) in [5.74, 6) is 1.76. The Hall–Kier alpha value is -2.55. The highest BCUT2D eigenvalue weighted by Crippen LogP contribution is 2.32. The molecule has 0 fully saturated rings. The molecular weight excluding hydrogens is 276 g/mol. The number of ketones is 1. The van der Waals surface area contributed by atoms with E-state index in [9.17, 15) is 4.79 Å². The van der Waals surface area contributed by atoms with Gasteiger partial charge in [0.1, 0.15) is 11.5 Å². The van der Waals surface area contributed by atoms with Crippen molar-refractivity contribution in [2.45, 2.75) is 20.3 Å². The molecule has 2 aromatic rings. The summed E-state index contributed by atoms with van der Waals surface area (Å²) in [4.78, 5) is 12.3. The fraction of sp³-hybridized carbons (Fsp3) is 0.211. The molecule has 1 aliphatic rings. The van der Waals surface area contributed by atoms with Gasteiger partial charge in [-0.3, -0.25) is 4.79 Å². The Morgan fingerprint density at radius 1 is 1.14 bits per heavy atom. The molecule has 22 heavy (non-hydrogen) atoms. The Labute approximate surface area is 130 Å². The van der Waals surface area contributed by atoms with Crippen LogP contribution in [0.1, 0.15) is 34.8 Å². The number of allylic oxidation sites excluding steroid dienone is 1. The molecule has 1 aliphatic heterocycles. The van der Waals surface area contributed by atoms with E-state index < -0.39 is 0 Å². The third-order valence-corrected chi connectivity index (χ3v) is 3.47. The fourth-order valence-electron chi connectivity index (χ4n) is 2.33. The van der Waals surface area contributed by atoms with Gasteiger partial charge < -0.3 is 9.47 Å². The van der Waals surface area contributed by atoms with Gasteiger partial charge in [0.15, 0.2) is 5.76 Å². The SMILES string of the molecule is CCCOc1ccc(/C=C2\Oc3ccc(C)cc3C2=O)cc1. The first-order valence-corrected chi connectivity index (χ1v) is 7.45. The highest BCUT2D eigenvalue weighted by molar-refractivity contribution is 6.14. The van der Waals surface area contributed by atoms with E-state index in [0.29, 0.717) is 23.7 Å². The van der Waals surface area contributed by atoms with Crippen molar-refractivity contribution in [2.24, 2.45) is 0 Å². The smallest absolute Gasteiger partial charge is 0.231 e. The van der Waals surface area contributed by atoms with Gasteiger partial charge in [0.05, 0.1) is 12.2 Å². The zero-order chi connectivity index (χ0) is 15.5. The molecule has 0 saturated heterocycles. The van der Waals surface area contributed by atoms with E-state index in [1.54, 1.807) is 6.08 Å². The van der Waals surface area contributed by atoms with Gasteiger partial charge in [-0.15, -0.1) is 0 Å². The van der Waals surface area contributed by atoms with Gasteiger partial charge in [0.2, 0.25) is 5.78 Å². The van der Waals surface area contributed by atoms with Crippen molar-refractivity contribution in [3.63, 3.8) is 0 Å². The molecule has 0 atom stereocenters. The van der Waals surface area contributed by atoms with Crippen molar-refractivity contribution in [1.82, 2.24) is 0 Å². The molecule has 0 spiro atoms. The lowest BCUT2D eigenvalue weighted by Gasteiger charge is -2.04. The summed E-state index contributed by atoms with van der Waals surface area (Å²) < 4.78 is 11.2. The summed E-state index contributed by atoms with van der Waals surface area (Å²) in [7, 11) is 0. The van der Waals surface area contributed by atoms with Gasteiger partial charge >= 0.3 is 0 Å². The molecule has 3 nitrogen and oxygen atoms in total. The fourth-order valence-corrected chi connectivity index (χ4v) is 2.33. The standard InChI is InChI=1S/C19H18O3/c1-3-10-21-15-7-5-14(6-8-15)12-18-19(20)16-11-13(2)4-9-17(16)22-18/h4-9,11-12H,3,10H2,1-2H3/b18-12-. The largest absolute Gasteiger partial charge is 0.494 e. The first-order valence-electron chi connectivity index (χ1n) is 7.45. The monoisotopic (exact) mass is 294 g/mol. The normalized spacial score (nSPS) is 14.8. The summed E-state index contributed by atoms with van der Waals surface area (Å²) in [6.45, 7) is 4.74. The molecule has 0 bridgehead atoms. The van der Waals surface area contributed by atoms with Crippen molar-refractivity contribution in [2.75, 3.05) is 6.61 Å². The van der Waals surface area contributed by atoms with Gasteiger partial charge in [-0.1, -0.05) is 30.7 Å². The Bertz CT molecular complexity index is 727. The predicted molar refractivity (Wildman–Crippen MR) is 86.3 cm³/mol. The van der Waals surface area contributed by atoms with Crippen LogP contribution < -0.4 is 9.47 Å². The zero-order valence-corrected chi connectivity index (χ0v) is 12.8. The van der Waals surface area contributed by atoms with Crippen LogP contribution in [0.25, 0.3) is 6.08 Å². The molecule has 3 heteroatoms. The van der Waals surface area contributed by atoms with E-state index in [1.165, 1.54) is 0 Å². The lowest BCUT2D eigenvalue weighted by Crippen LogP contribution is -1.98. The second-order valence-corrected chi connectivity index (χ2v) is 5.36. The average Bonchev–Trinajstić information content (AvgIpc) is 2.83. The van der Waals surface area contributed by atoms with E-state index in [4.69, 9.17) is 9.47 Å². The minimum absolute atomic E-state index is 0.0648. The Morgan fingerprint density at radius 3 is 2.64 bits per heavy atom. The number of benzene rings is 2. The number of hydrogen-bond donors (Lipinski definition) is 0. The molecule has 0 aliphatic carbocycles. The minimum Gasteiger partial charge on any atom is -0.494 e. The van der Waals surface area contributed by atoms with Crippen LogP contribution >= 0.6 is 0 Å². The first-order chi connectivity index (χ1) is 10.7. The molecule has 112 valence electrons. The van der Waals surface area contributed by atoms with Gasteiger partial charge in [0, 0.05) is 0 Å². The van der Waals surface area contributed by atoms with Crippen LogP contribution in [0, 0.1) is 6.92 Å². The molecule has 0 unspecified atom stereocenters. The molecule has 0 radical (unpaired) electrons. The third kappa shape index (κ3) is 2.89. The molecule has 1 heterocycles. The van der Waals surface area contributed by atoms with Gasteiger partial charge in [-0.2, -0.15) is 0 Å². The summed E-state index contributed by atoms with van der Waals surface area (Å²) in [6.07, 6.45) is 2.74. The van der Waals surface area contributed by atoms with Crippen LogP contribution in [0.2, 0.25) is 0 Å². The molecular formula is C19H18O3. The lowest BCUT2D eigenvalue weighted by molar-refractivity contribution is 0.101. The lowest BCUT2D eigenvalue weighted by atomic mass is 10.1. The molecule has 0 aromatic heterocycles. The maximum atomic E-state index is 12.3. The van der Waals surface area contributed by atoms with Gasteiger partial charge in [-0.05, 0) is 49.2 Å².